The van der Waals surface area contributed by atoms with Gasteiger partial charge in [0.15, 0.2) is 0 Å². The molecule has 0 amide bonds. The molecule has 0 fully saturated rings. The summed E-state index contributed by atoms with van der Waals surface area (Å²) in [5.41, 5.74) is 1.07. The zero-order valence-corrected chi connectivity index (χ0v) is 12.5. The Morgan fingerprint density at radius 1 is 0.864 bits per heavy atom. The van der Waals surface area contributed by atoms with E-state index in [1.165, 1.54) is 12.1 Å². The summed E-state index contributed by atoms with van der Waals surface area (Å²) in [5, 5.41) is 1.57. The van der Waals surface area contributed by atoms with Crippen LogP contribution in [0.25, 0.3) is 10.8 Å². The normalized spacial score (nSPS) is 11.5. The molecule has 5 heteroatoms. The molecule has 0 aliphatic carbocycles. The monoisotopic (exact) mass is 314 g/mol. The lowest BCUT2D eigenvalue weighted by atomic mass is 10.1. The minimum absolute atomic E-state index is 0.113. The van der Waals surface area contributed by atoms with Crippen molar-refractivity contribution in [3.8, 4) is 5.75 Å². The van der Waals surface area contributed by atoms with Crippen LogP contribution in [0, 0.1) is 0 Å². The Kier molecular flexibility index (Phi) is 3.83. The lowest BCUT2D eigenvalue weighted by Gasteiger charge is -2.08. The van der Waals surface area contributed by atoms with Gasteiger partial charge in [-0.05, 0) is 40.6 Å². The zero-order chi connectivity index (χ0) is 15.6. The van der Waals surface area contributed by atoms with Gasteiger partial charge in [0.25, 0.3) is 10.1 Å². The molecule has 0 saturated carbocycles. The smallest absolute Gasteiger partial charge is 0.294 e. The van der Waals surface area contributed by atoms with E-state index in [2.05, 4.69) is 0 Å². The Labute approximate surface area is 128 Å². The van der Waals surface area contributed by atoms with Crippen molar-refractivity contribution in [2.75, 3.05) is 0 Å². The molecule has 0 spiro atoms. The van der Waals surface area contributed by atoms with Gasteiger partial charge >= 0.3 is 0 Å². The van der Waals surface area contributed by atoms with E-state index in [0.29, 0.717) is 12.4 Å². The van der Waals surface area contributed by atoms with E-state index >= 15 is 0 Å². The highest BCUT2D eigenvalue weighted by atomic mass is 32.2. The van der Waals surface area contributed by atoms with Crippen molar-refractivity contribution in [2.45, 2.75) is 11.5 Å². The fourth-order valence-corrected chi connectivity index (χ4v) is 2.71. The maximum atomic E-state index is 11.1. The van der Waals surface area contributed by atoms with E-state index in [1.807, 2.05) is 36.4 Å². The van der Waals surface area contributed by atoms with Gasteiger partial charge in [-0.15, -0.1) is 0 Å². The number of rotatable bonds is 4. The van der Waals surface area contributed by atoms with Gasteiger partial charge in [-0.1, -0.05) is 42.5 Å². The highest BCUT2D eigenvalue weighted by molar-refractivity contribution is 7.85. The Morgan fingerprint density at radius 2 is 1.55 bits per heavy atom. The van der Waals surface area contributed by atoms with Crippen LogP contribution >= 0.6 is 0 Å². The molecule has 0 bridgehead atoms. The van der Waals surface area contributed by atoms with Crippen LogP contribution in [0.3, 0.4) is 0 Å². The molecule has 0 heterocycles. The summed E-state index contributed by atoms with van der Waals surface area (Å²) < 4.78 is 37.1. The van der Waals surface area contributed by atoms with E-state index in [1.54, 1.807) is 18.2 Å². The second-order valence-electron chi connectivity index (χ2n) is 4.92. The molecule has 0 saturated heterocycles. The summed E-state index contributed by atoms with van der Waals surface area (Å²) >= 11 is 0. The van der Waals surface area contributed by atoms with Crippen LogP contribution in [0.15, 0.2) is 71.6 Å². The summed E-state index contributed by atoms with van der Waals surface area (Å²) in [6.07, 6.45) is 0. The Balaban J connectivity index is 1.84. The first-order chi connectivity index (χ1) is 10.5. The molecule has 22 heavy (non-hydrogen) atoms. The second kappa shape index (κ2) is 5.79. The van der Waals surface area contributed by atoms with Crippen LogP contribution in [0.2, 0.25) is 0 Å². The molecule has 0 aromatic heterocycles. The van der Waals surface area contributed by atoms with Gasteiger partial charge in [-0.3, -0.25) is 4.55 Å². The summed E-state index contributed by atoms with van der Waals surface area (Å²) in [6.45, 7) is 0.468. The summed E-state index contributed by atoms with van der Waals surface area (Å²) in [6, 6.07) is 19.7. The van der Waals surface area contributed by atoms with E-state index < -0.39 is 10.1 Å². The van der Waals surface area contributed by atoms with Gasteiger partial charge in [0.2, 0.25) is 0 Å². The third kappa shape index (κ3) is 3.27. The molecule has 0 atom stereocenters. The number of hydrogen-bond acceptors (Lipinski definition) is 3. The minimum Gasteiger partial charge on any atom is -0.489 e. The first-order valence-electron chi connectivity index (χ1n) is 6.70. The molecule has 0 radical (unpaired) electrons. The highest BCUT2D eigenvalue weighted by Crippen LogP contribution is 2.24. The first kappa shape index (κ1) is 14.6. The van der Waals surface area contributed by atoms with Gasteiger partial charge in [-0.25, -0.2) is 0 Å². The van der Waals surface area contributed by atoms with Crippen molar-refractivity contribution in [1.82, 2.24) is 0 Å². The van der Waals surface area contributed by atoms with Crippen LogP contribution in [-0.4, -0.2) is 13.0 Å². The topological polar surface area (TPSA) is 63.6 Å². The summed E-state index contributed by atoms with van der Waals surface area (Å²) in [5.74, 6) is 0.705. The number of fused-ring (bicyclic) bond motifs is 1. The summed E-state index contributed by atoms with van der Waals surface area (Å²) in [4.78, 5) is -0.113. The van der Waals surface area contributed by atoms with Crippen LogP contribution in [0.4, 0.5) is 0 Å². The molecule has 3 aromatic rings. The molecule has 112 valence electrons. The molecule has 0 aliphatic rings. The van der Waals surface area contributed by atoms with Crippen molar-refractivity contribution in [3.05, 3.63) is 72.3 Å². The average molecular weight is 314 g/mol. The molecule has 3 rings (SSSR count). The number of benzene rings is 3. The molecule has 4 nitrogen and oxygen atoms in total. The van der Waals surface area contributed by atoms with Gasteiger partial charge in [0.05, 0.1) is 4.90 Å². The Bertz CT molecular complexity index is 902. The van der Waals surface area contributed by atoms with Gasteiger partial charge in [0, 0.05) is 0 Å². The van der Waals surface area contributed by atoms with Crippen LogP contribution in [-0.2, 0) is 16.7 Å². The highest BCUT2D eigenvalue weighted by Gasteiger charge is 2.10. The van der Waals surface area contributed by atoms with Gasteiger partial charge in [0.1, 0.15) is 12.4 Å². The third-order valence-corrected chi connectivity index (χ3v) is 4.18. The van der Waals surface area contributed by atoms with Crippen molar-refractivity contribution in [2.24, 2.45) is 0 Å². The predicted octanol–water partition coefficient (Wildman–Crippen LogP) is 3.67. The Hall–Kier alpha value is -2.37. The molecular formula is C17H14O4S. The molecular weight excluding hydrogens is 300 g/mol. The zero-order valence-electron chi connectivity index (χ0n) is 11.6. The van der Waals surface area contributed by atoms with E-state index in [9.17, 15) is 8.42 Å². The quantitative estimate of drug-likeness (QED) is 0.746. The van der Waals surface area contributed by atoms with Crippen LogP contribution < -0.4 is 4.74 Å². The fourth-order valence-electron chi connectivity index (χ4n) is 2.19. The lowest BCUT2D eigenvalue weighted by molar-refractivity contribution is 0.306. The molecule has 0 aliphatic heterocycles. The first-order valence-corrected chi connectivity index (χ1v) is 8.14. The fraction of sp³-hybridized carbons (Fsp3) is 0.0588. The van der Waals surface area contributed by atoms with Crippen molar-refractivity contribution in [3.63, 3.8) is 0 Å². The maximum Gasteiger partial charge on any atom is 0.294 e. The second-order valence-corrected chi connectivity index (χ2v) is 6.34. The average Bonchev–Trinajstić information content (AvgIpc) is 2.52. The molecule has 0 unspecified atom stereocenters. The van der Waals surface area contributed by atoms with E-state index in [4.69, 9.17) is 9.29 Å². The van der Waals surface area contributed by atoms with Crippen molar-refractivity contribution in [1.29, 1.82) is 0 Å². The van der Waals surface area contributed by atoms with Crippen molar-refractivity contribution < 1.29 is 17.7 Å². The van der Waals surface area contributed by atoms with Crippen LogP contribution in [0.5, 0.6) is 5.75 Å². The maximum absolute atomic E-state index is 11.1. The number of hydrogen-bond donors (Lipinski definition) is 1. The van der Waals surface area contributed by atoms with Crippen molar-refractivity contribution >= 4 is 20.9 Å². The molecule has 1 N–H and O–H groups in total. The lowest BCUT2D eigenvalue weighted by Crippen LogP contribution is -1.98. The standard InChI is InChI=1S/C17H14O4S/c18-22(19,20)17-9-7-14-10-16(8-6-15(14)11-17)21-12-13-4-2-1-3-5-13/h1-11H,12H2,(H,18,19,20). The largest absolute Gasteiger partial charge is 0.489 e. The Morgan fingerprint density at radius 3 is 2.27 bits per heavy atom. The molecule has 3 aromatic carbocycles. The van der Waals surface area contributed by atoms with E-state index in [0.717, 1.165) is 16.3 Å². The number of ether oxygens (including phenoxy) is 1. The SMILES string of the molecule is O=S(=O)(O)c1ccc2cc(OCc3ccccc3)ccc2c1. The van der Waals surface area contributed by atoms with Crippen LogP contribution in [0.1, 0.15) is 5.56 Å². The summed E-state index contributed by atoms with van der Waals surface area (Å²) in [7, 11) is -4.18. The minimum atomic E-state index is -4.18. The van der Waals surface area contributed by atoms with Gasteiger partial charge < -0.3 is 4.74 Å². The third-order valence-electron chi connectivity index (χ3n) is 3.33. The van der Waals surface area contributed by atoms with E-state index in [-0.39, 0.29) is 4.90 Å². The van der Waals surface area contributed by atoms with Gasteiger partial charge in [-0.2, -0.15) is 8.42 Å². The predicted molar refractivity (Wildman–Crippen MR) is 84.5 cm³/mol.